The van der Waals surface area contributed by atoms with Crippen LogP contribution in [0.25, 0.3) is 0 Å². The molecule has 0 spiro atoms. The quantitative estimate of drug-likeness (QED) is 0.232. The van der Waals surface area contributed by atoms with Crippen LogP contribution in [0.1, 0.15) is 6.92 Å². The third kappa shape index (κ3) is 2.87. The van der Waals surface area contributed by atoms with Gasteiger partial charge < -0.3 is 5.43 Å². The fourth-order valence-electron chi connectivity index (χ4n) is 0.313. The van der Waals surface area contributed by atoms with Gasteiger partial charge in [-0.3, -0.25) is 4.99 Å². The van der Waals surface area contributed by atoms with Gasteiger partial charge in [-0.15, -0.1) is 0 Å². The third-order valence-corrected chi connectivity index (χ3v) is 1.25. The molecule has 3 nitrogen and oxygen atoms in total. The first-order chi connectivity index (χ1) is 3.85. The summed E-state index contributed by atoms with van der Waals surface area (Å²) in [6, 6.07) is 0. The van der Waals surface area contributed by atoms with E-state index in [9.17, 15) is 0 Å². The smallest absolute Gasteiger partial charge is 0.170 e. The standard InChI is InChI=1S/C4H11N3S/c1-3-6-4(7-5)8-2/h3,5H2,1-2H3,(H,6,7). The Morgan fingerprint density at radius 2 is 2.50 bits per heavy atom. The average molecular weight is 133 g/mol. The first-order valence-electron chi connectivity index (χ1n) is 2.40. The Morgan fingerprint density at radius 3 is 2.62 bits per heavy atom. The van der Waals surface area contributed by atoms with Crippen molar-refractivity contribution in [3.63, 3.8) is 0 Å². The van der Waals surface area contributed by atoms with Crippen molar-refractivity contribution in [3.05, 3.63) is 0 Å². The Hall–Kier alpha value is -0.220. The highest BCUT2D eigenvalue weighted by molar-refractivity contribution is 8.13. The molecule has 0 amide bonds. The van der Waals surface area contributed by atoms with Crippen LogP contribution in [0.4, 0.5) is 0 Å². The molecule has 0 bridgehead atoms. The molecule has 8 heavy (non-hydrogen) atoms. The maximum atomic E-state index is 5.07. The van der Waals surface area contributed by atoms with Crippen LogP contribution >= 0.6 is 11.8 Å². The molecular weight excluding hydrogens is 122 g/mol. The molecule has 4 heteroatoms. The summed E-state index contributed by atoms with van der Waals surface area (Å²) in [7, 11) is 0. The van der Waals surface area contributed by atoms with Crippen LogP contribution in [-0.4, -0.2) is 18.0 Å². The molecule has 0 aromatic heterocycles. The molecule has 0 aliphatic heterocycles. The summed E-state index contributed by atoms with van der Waals surface area (Å²) in [5.74, 6) is 5.07. The lowest BCUT2D eigenvalue weighted by molar-refractivity contribution is 1.01. The second-order valence-corrected chi connectivity index (χ2v) is 1.92. The van der Waals surface area contributed by atoms with E-state index in [-0.39, 0.29) is 0 Å². The van der Waals surface area contributed by atoms with Gasteiger partial charge in [-0.1, -0.05) is 11.8 Å². The second kappa shape index (κ2) is 4.93. The van der Waals surface area contributed by atoms with E-state index in [1.54, 1.807) is 0 Å². The van der Waals surface area contributed by atoms with Crippen molar-refractivity contribution >= 4 is 16.9 Å². The van der Waals surface area contributed by atoms with Crippen molar-refractivity contribution in [3.8, 4) is 0 Å². The normalized spacial score (nSPS) is 11.6. The van der Waals surface area contributed by atoms with Gasteiger partial charge in [-0.2, -0.15) is 0 Å². The summed E-state index contributed by atoms with van der Waals surface area (Å²) in [5.41, 5.74) is 2.47. The van der Waals surface area contributed by atoms with E-state index < -0.39 is 0 Å². The summed E-state index contributed by atoms with van der Waals surface area (Å²) >= 11 is 1.51. The first kappa shape index (κ1) is 7.78. The number of rotatable bonds is 1. The van der Waals surface area contributed by atoms with Gasteiger partial charge >= 0.3 is 0 Å². The van der Waals surface area contributed by atoms with Crippen molar-refractivity contribution in [2.45, 2.75) is 6.92 Å². The maximum Gasteiger partial charge on any atom is 0.170 e. The Labute approximate surface area is 53.7 Å². The molecule has 0 aliphatic carbocycles. The number of amidine groups is 1. The topological polar surface area (TPSA) is 50.4 Å². The fourth-order valence-corrected chi connectivity index (χ4v) is 0.689. The van der Waals surface area contributed by atoms with Gasteiger partial charge in [0.25, 0.3) is 0 Å². The van der Waals surface area contributed by atoms with E-state index >= 15 is 0 Å². The van der Waals surface area contributed by atoms with E-state index in [1.165, 1.54) is 11.8 Å². The average Bonchev–Trinajstić information content (AvgIpc) is 1.83. The van der Waals surface area contributed by atoms with E-state index in [1.807, 2.05) is 13.2 Å². The van der Waals surface area contributed by atoms with E-state index in [0.717, 1.165) is 11.7 Å². The number of aliphatic imine (C=N–C) groups is 1. The zero-order valence-electron chi connectivity index (χ0n) is 5.14. The zero-order chi connectivity index (χ0) is 6.41. The van der Waals surface area contributed by atoms with Gasteiger partial charge in [0.05, 0.1) is 0 Å². The predicted octanol–water partition coefficient (Wildman–Crippen LogP) is 0.189. The minimum atomic E-state index is 0.778. The molecule has 48 valence electrons. The van der Waals surface area contributed by atoms with Crippen LogP contribution in [0.3, 0.4) is 0 Å². The molecule has 0 saturated carbocycles. The number of thioether (sulfide) groups is 1. The van der Waals surface area contributed by atoms with E-state index in [4.69, 9.17) is 5.84 Å². The Bertz CT molecular complexity index is 75.4. The first-order valence-corrected chi connectivity index (χ1v) is 3.62. The largest absolute Gasteiger partial charge is 0.303 e. The van der Waals surface area contributed by atoms with Crippen molar-refractivity contribution in [1.29, 1.82) is 0 Å². The van der Waals surface area contributed by atoms with E-state index in [2.05, 4.69) is 10.4 Å². The lowest BCUT2D eigenvalue weighted by Crippen LogP contribution is -2.27. The number of hydrogen-bond acceptors (Lipinski definition) is 3. The summed E-state index contributed by atoms with van der Waals surface area (Å²) in [4.78, 5) is 4.00. The Balaban J connectivity index is 3.49. The molecule has 0 fully saturated rings. The molecule has 0 aromatic rings. The molecule has 0 unspecified atom stereocenters. The Morgan fingerprint density at radius 1 is 1.88 bits per heavy atom. The van der Waals surface area contributed by atoms with Crippen LogP contribution in [-0.2, 0) is 0 Å². The highest BCUT2D eigenvalue weighted by Crippen LogP contribution is 1.91. The van der Waals surface area contributed by atoms with Crippen molar-refractivity contribution in [2.24, 2.45) is 10.8 Å². The number of nitrogens with two attached hydrogens (primary N) is 1. The molecule has 0 radical (unpaired) electrons. The third-order valence-electron chi connectivity index (χ3n) is 0.619. The lowest BCUT2D eigenvalue weighted by Gasteiger charge is -1.97. The van der Waals surface area contributed by atoms with Crippen LogP contribution < -0.4 is 11.3 Å². The van der Waals surface area contributed by atoms with Gasteiger partial charge in [0, 0.05) is 6.54 Å². The molecule has 0 rings (SSSR count). The summed E-state index contributed by atoms with van der Waals surface area (Å²) in [5, 5.41) is 0.785. The molecule has 0 atom stereocenters. The van der Waals surface area contributed by atoms with Crippen molar-refractivity contribution in [2.75, 3.05) is 12.8 Å². The molecular formula is C4H11N3S. The summed E-state index contributed by atoms with van der Waals surface area (Å²) in [6.45, 7) is 2.74. The second-order valence-electron chi connectivity index (χ2n) is 1.13. The van der Waals surface area contributed by atoms with Gasteiger partial charge in [0.1, 0.15) is 0 Å². The number of hydrazine groups is 1. The highest BCUT2D eigenvalue weighted by Gasteiger charge is 1.86. The zero-order valence-corrected chi connectivity index (χ0v) is 5.96. The van der Waals surface area contributed by atoms with E-state index in [0.29, 0.717) is 0 Å². The van der Waals surface area contributed by atoms with Crippen LogP contribution in [0.5, 0.6) is 0 Å². The van der Waals surface area contributed by atoms with Crippen LogP contribution in [0.2, 0.25) is 0 Å². The molecule has 0 heterocycles. The van der Waals surface area contributed by atoms with Gasteiger partial charge in [-0.25, -0.2) is 5.84 Å². The molecule has 0 saturated heterocycles. The molecule has 0 aliphatic rings. The molecule has 3 N–H and O–H groups in total. The van der Waals surface area contributed by atoms with Gasteiger partial charge in [0.15, 0.2) is 5.17 Å². The lowest BCUT2D eigenvalue weighted by atomic mass is 10.8. The fraction of sp³-hybridized carbons (Fsp3) is 0.750. The van der Waals surface area contributed by atoms with Crippen LogP contribution in [0.15, 0.2) is 4.99 Å². The SMILES string of the molecule is CCN=C(NN)SC. The van der Waals surface area contributed by atoms with Gasteiger partial charge in [-0.05, 0) is 13.2 Å². The minimum absolute atomic E-state index is 0.778. The minimum Gasteiger partial charge on any atom is -0.303 e. The molecule has 0 aromatic carbocycles. The highest BCUT2D eigenvalue weighted by atomic mass is 32.2. The predicted molar refractivity (Wildman–Crippen MR) is 38.8 cm³/mol. The Kier molecular flexibility index (Phi) is 4.79. The van der Waals surface area contributed by atoms with Crippen LogP contribution in [0, 0.1) is 0 Å². The number of nitrogens with one attached hydrogen (secondary N) is 1. The number of nitrogens with zero attached hydrogens (tertiary/aromatic N) is 1. The summed E-state index contributed by atoms with van der Waals surface area (Å²) in [6.07, 6.45) is 1.92. The summed E-state index contributed by atoms with van der Waals surface area (Å²) < 4.78 is 0. The van der Waals surface area contributed by atoms with Crippen molar-refractivity contribution < 1.29 is 0 Å². The monoisotopic (exact) mass is 133 g/mol. The van der Waals surface area contributed by atoms with Crippen molar-refractivity contribution in [1.82, 2.24) is 5.43 Å². The maximum absolute atomic E-state index is 5.07. The number of hydrogen-bond donors (Lipinski definition) is 2. The van der Waals surface area contributed by atoms with Gasteiger partial charge in [0.2, 0.25) is 0 Å².